The Kier molecular flexibility index (Phi) is 4.73. The van der Waals surface area contributed by atoms with Gasteiger partial charge in [-0.2, -0.15) is 0 Å². The molecule has 0 radical (unpaired) electrons. The van der Waals surface area contributed by atoms with Crippen molar-refractivity contribution < 1.29 is 14.7 Å². The number of carbonyl (C=O) groups excluding carboxylic acids is 1. The zero-order valence-corrected chi connectivity index (χ0v) is 11.8. The average Bonchev–Trinajstić information content (AvgIpc) is 2.34. The van der Waals surface area contributed by atoms with E-state index in [4.69, 9.17) is 5.11 Å². The fraction of sp³-hybridized carbons (Fsp3) is 0.846. The molecule has 1 fully saturated rings. The zero-order valence-electron chi connectivity index (χ0n) is 11.8. The first-order valence-corrected chi connectivity index (χ1v) is 6.53. The van der Waals surface area contributed by atoms with Crippen LogP contribution in [-0.4, -0.2) is 58.5 Å². The Bertz CT molecular complexity index is 328. The van der Waals surface area contributed by atoms with Gasteiger partial charge in [-0.15, -0.1) is 0 Å². The maximum absolute atomic E-state index is 12.5. The lowest BCUT2D eigenvalue weighted by molar-refractivity contribution is -0.146. The molecule has 5 heteroatoms. The van der Waals surface area contributed by atoms with Gasteiger partial charge in [0.1, 0.15) is 0 Å². The molecule has 1 heterocycles. The number of likely N-dealkylation sites (N-methyl/N-ethyl adjacent to an activating group) is 1. The summed E-state index contributed by atoms with van der Waals surface area (Å²) in [7, 11) is 1.83. The Balaban J connectivity index is 2.99. The lowest BCUT2D eigenvalue weighted by Crippen LogP contribution is -2.51. The molecule has 1 aliphatic heterocycles. The number of carbonyl (C=O) groups is 2. The van der Waals surface area contributed by atoms with E-state index in [1.165, 1.54) is 0 Å². The van der Waals surface area contributed by atoms with Crippen LogP contribution >= 0.6 is 0 Å². The van der Waals surface area contributed by atoms with E-state index in [2.05, 4.69) is 13.8 Å². The number of amides is 1. The van der Waals surface area contributed by atoms with Crippen LogP contribution in [0.25, 0.3) is 0 Å². The van der Waals surface area contributed by atoms with Crippen LogP contribution in [0, 0.1) is 0 Å². The van der Waals surface area contributed by atoms with Crippen molar-refractivity contribution in [2.45, 2.75) is 51.6 Å². The Morgan fingerprint density at radius 3 is 2.61 bits per heavy atom. The van der Waals surface area contributed by atoms with Crippen molar-refractivity contribution >= 4 is 11.9 Å². The summed E-state index contributed by atoms with van der Waals surface area (Å²) in [4.78, 5) is 27.1. The fourth-order valence-corrected chi connectivity index (χ4v) is 2.45. The molecule has 0 spiro atoms. The molecule has 0 aliphatic carbocycles. The van der Waals surface area contributed by atoms with Crippen LogP contribution in [0.4, 0.5) is 0 Å². The average molecular weight is 256 g/mol. The highest BCUT2D eigenvalue weighted by Crippen LogP contribution is 2.26. The summed E-state index contributed by atoms with van der Waals surface area (Å²) in [6, 6.07) is -0.532. The number of carboxylic acid groups (broad SMARTS) is 1. The third-order valence-corrected chi connectivity index (χ3v) is 3.71. The van der Waals surface area contributed by atoms with Gasteiger partial charge in [0.2, 0.25) is 5.91 Å². The minimum Gasteiger partial charge on any atom is -0.481 e. The Labute approximate surface area is 109 Å². The van der Waals surface area contributed by atoms with Crippen molar-refractivity contribution in [1.82, 2.24) is 9.80 Å². The van der Waals surface area contributed by atoms with Gasteiger partial charge in [0, 0.05) is 18.6 Å². The minimum absolute atomic E-state index is 0.0516. The molecule has 1 saturated heterocycles. The normalized spacial score (nSPS) is 25.0. The monoisotopic (exact) mass is 256 g/mol. The van der Waals surface area contributed by atoms with E-state index in [9.17, 15) is 9.59 Å². The molecule has 5 nitrogen and oxygen atoms in total. The maximum Gasteiger partial charge on any atom is 0.305 e. The van der Waals surface area contributed by atoms with Crippen molar-refractivity contribution in [2.75, 3.05) is 20.1 Å². The molecule has 1 rings (SSSR count). The molecule has 1 atom stereocenters. The summed E-state index contributed by atoms with van der Waals surface area (Å²) < 4.78 is 0. The second-order valence-electron chi connectivity index (χ2n) is 5.65. The number of nitrogens with zero attached hydrogens (tertiary/aromatic N) is 2. The highest BCUT2D eigenvalue weighted by atomic mass is 16.4. The Morgan fingerprint density at radius 1 is 1.50 bits per heavy atom. The van der Waals surface area contributed by atoms with Crippen molar-refractivity contribution in [3.05, 3.63) is 0 Å². The molecule has 0 aromatic carbocycles. The largest absolute Gasteiger partial charge is 0.481 e. The smallest absolute Gasteiger partial charge is 0.305 e. The highest BCUT2D eigenvalue weighted by Gasteiger charge is 2.40. The third kappa shape index (κ3) is 3.22. The van der Waals surface area contributed by atoms with Gasteiger partial charge < -0.3 is 10.0 Å². The first kappa shape index (κ1) is 15.0. The van der Waals surface area contributed by atoms with E-state index in [1.54, 1.807) is 0 Å². The molecule has 1 aliphatic rings. The van der Waals surface area contributed by atoms with Crippen LogP contribution in [0.3, 0.4) is 0 Å². The van der Waals surface area contributed by atoms with Crippen molar-refractivity contribution in [2.24, 2.45) is 0 Å². The molecule has 1 amide bonds. The van der Waals surface area contributed by atoms with Crippen LogP contribution in [0.1, 0.15) is 40.0 Å². The van der Waals surface area contributed by atoms with Crippen LogP contribution in [0.5, 0.6) is 0 Å². The lowest BCUT2D eigenvalue weighted by Gasteiger charge is -2.37. The summed E-state index contributed by atoms with van der Waals surface area (Å²) >= 11 is 0. The van der Waals surface area contributed by atoms with E-state index >= 15 is 0 Å². The van der Waals surface area contributed by atoms with Gasteiger partial charge in [0.05, 0.1) is 12.5 Å². The summed E-state index contributed by atoms with van der Waals surface area (Å²) in [6.45, 7) is 7.58. The van der Waals surface area contributed by atoms with Crippen molar-refractivity contribution in [3.63, 3.8) is 0 Å². The van der Waals surface area contributed by atoms with Gasteiger partial charge >= 0.3 is 5.97 Å². The number of hydrogen-bond acceptors (Lipinski definition) is 3. The second-order valence-corrected chi connectivity index (χ2v) is 5.65. The van der Waals surface area contributed by atoms with E-state index < -0.39 is 12.0 Å². The highest BCUT2D eigenvalue weighted by molar-refractivity contribution is 5.87. The van der Waals surface area contributed by atoms with Crippen LogP contribution < -0.4 is 0 Å². The van der Waals surface area contributed by atoms with Crippen LogP contribution in [0.15, 0.2) is 0 Å². The van der Waals surface area contributed by atoms with Gasteiger partial charge in [-0.1, -0.05) is 6.92 Å². The predicted octanol–water partition coefficient (Wildman–Crippen LogP) is 1.18. The molecule has 0 saturated carbocycles. The standard InChI is InChI=1S/C13H24N2O3/c1-5-7-15-12(18)10(9-11(16)17)14(4)8-6-13(15,2)3/h10H,5-9H2,1-4H3,(H,16,17). The molecular weight excluding hydrogens is 232 g/mol. The van der Waals surface area contributed by atoms with Gasteiger partial charge in [-0.25, -0.2) is 0 Å². The molecule has 1 N–H and O–H groups in total. The second kappa shape index (κ2) is 5.69. The van der Waals surface area contributed by atoms with Gasteiger partial charge in [-0.3, -0.25) is 14.5 Å². The quantitative estimate of drug-likeness (QED) is 0.820. The number of carboxylic acids is 1. The molecule has 18 heavy (non-hydrogen) atoms. The predicted molar refractivity (Wildman–Crippen MR) is 69.4 cm³/mol. The van der Waals surface area contributed by atoms with Crippen LogP contribution in [-0.2, 0) is 9.59 Å². The van der Waals surface area contributed by atoms with E-state index in [1.807, 2.05) is 23.8 Å². The molecule has 1 unspecified atom stereocenters. The molecule has 0 aromatic heterocycles. The SMILES string of the molecule is CCCN1C(=O)C(CC(=O)O)N(C)CCC1(C)C. The molecule has 0 bridgehead atoms. The summed E-state index contributed by atoms with van der Waals surface area (Å²) in [5.41, 5.74) is -0.200. The first-order chi connectivity index (χ1) is 8.29. The first-order valence-electron chi connectivity index (χ1n) is 6.53. The number of rotatable bonds is 4. The minimum atomic E-state index is -0.920. The van der Waals surface area contributed by atoms with Crippen molar-refractivity contribution in [3.8, 4) is 0 Å². The summed E-state index contributed by atoms with van der Waals surface area (Å²) in [5.74, 6) is -0.972. The van der Waals surface area contributed by atoms with Gasteiger partial charge in [-0.05, 0) is 33.7 Å². The van der Waals surface area contributed by atoms with E-state index in [0.29, 0.717) is 6.54 Å². The maximum atomic E-state index is 12.5. The summed E-state index contributed by atoms with van der Waals surface area (Å²) in [6.07, 6.45) is 1.63. The van der Waals surface area contributed by atoms with E-state index in [-0.39, 0.29) is 17.9 Å². The summed E-state index contributed by atoms with van der Waals surface area (Å²) in [5, 5.41) is 8.94. The lowest BCUT2D eigenvalue weighted by atomic mass is 9.98. The van der Waals surface area contributed by atoms with Crippen LogP contribution in [0.2, 0.25) is 0 Å². The van der Waals surface area contributed by atoms with Gasteiger partial charge in [0.15, 0.2) is 0 Å². The van der Waals surface area contributed by atoms with E-state index in [0.717, 1.165) is 19.4 Å². The number of hydrogen-bond donors (Lipinski definition) is 1. The van der Waals surface area contributed by atoms with Crippen molar-refractivity contribution in [1.29, 1.82) is 0 Å². The topological polar surface area (TPSA) is 60.9 Å². The molecule has 0 aromatic rings. The zero-order chi connectivity index (χ0) is 13.9. The Morgan fingerprint density at radius 2 is 2.11 bits per heavy atom. The Hall–Kier alpha value is -1.10. The fourth-order valence-electron chi connectivity index (χ4n) is 2.45. The molecule has 104 valence electrons. The van der Waals surface area contributed by atoms with Gasteiger partial charge in [0.25, 0.3) is 0 Å². The molecular formula is C13H24N2O3. The number of aliphatic carboxylic acids is 1. The third-order valence-electron chi connectivity index (χ3n) is 3.71.